The van der Waals surface area contributed by atoms with Gasteiger partial charge in [-0.1, -0.05) is 24.8 Å². The van der Waals surface area contributed by atoms with E-state index >= 15 is 0 Å². The molecular weight excluding hydrogens is 168 g/mol. The zero-order chi connectivity index (χ0) is 9.94. The predicted molar refractivity (Wildman–Crippen MR) is 51.2 cm³/mol. The van der Waals surface area contributed by atoms with Gasteiger partial charge in [-0.05, 0) is 18.9 Å². The molecule has 0 aliphatic carbocycles. The van der Waals surface area contributed by atoms with E-state index in [-0.39, 0.29) is 0 Å². The summed E-state index contributed by atoms with van der Waals surface area (Å²) in [6, 6.07) is 0. The molecule has 0 heterocycles. The molecule has 0 aromatic heterocycles. The van der Waals surface area contributed by atoms with E-state index in [2.05, 4.69) is 16.1 Å². The topological polar surface area (TPSA) is 35.5 Å². The predicted octanol–water partition coefficient (Wildman–Crippen LogP) is 2.81. The Morgan fingerprint density at radius 2 is 2.08 bits per heavy atom. The van der Waals surface area contributed by atoms with Crippen LogP contribution in [0.2, 0.25) is 0 Å². The molecule has 13 heavy (non-hydrogen) atoms. The van der Waals surface area contributed by atoms with E-state index < -0.39 is 6.16 Å². The van der Waals surface area contributed by atoms with Gasteiger partial charge in [-0.15, -0.1) is 0 Å². The first kappa shape index (κ1) is 11.5. The molecule has 0 fully saturated rings. The molecule has 0 atom stereocenters. The van der Waals surface area contributed by atoms with Gasteiger partial charge in [-0.25, -0.2) is 4.79 Å². The quantitative estimate of drug-likeness (QED) is 0.284. The zero-order valence-electron chi connectivity index (χ0n) is 7.73. The Morgan fingerprint density at radius 3 is 2.69 bits per heavy atom. The van der Waals surface area contributed by atoms with Gasteiger partial charge in [0.05, 0.1) is 13.4 Å². The van der Waals surface area contributed by atoms with Crippen molar-refractivity contribution in [3.05, 3.63) is 37.1 Å². The number of allylic oxidation sites excluding steroid dienone is 4. The third-order valence-electron chi connectivity index (χ3n) is 1.20. The Balaban J connectivity index is 3.36. The lowest BCUT2D eigenvalue weighted by molar-refractivity contribution is 0.105. The second-order valence-electron chi connectivity index (χ2n) is 2.18. The number of rotatable bonds is 5. The highest BCUT2D eigenvalue weighted by molar-refractivity contribution is 5.60. The normalized spacial score (nSPS) is 10.5. The van der Waals surface area contributed by atoms with Crippen LogP contribution in [0, 0.1) is 0 Å². The zero-order valence-corrected chi connectivity index (χ0v) is 7.73. The van der Waals surface area contributed by atoms with E-state index in [0.717, 1.165) is 12.8 Å². The van der Waals surface area contributed by atoms with Crippen LogP contribution < -0.4 is 0 Å². The molecule has 3 nitrogen and oxygen atoms in total. The monoisotopic (exact) mass is 182 g/mol. The minimum absolute atomic E-state index is 0.696. The molecule has 0 aromatic carbocycles. The van der Waals surface area contributed by atoms with E-state index in [1.54, 1.807) is 12.2 Å². The average molecular weight is 182 g/mol. The largest absolute Gasteiger partial charge is 0.512 e. The lowest BCUT2D eigenvalue weighted by Gasteiger charge is -1.93. The number of ether oxygens (including phenoxy) is 2. The summed E-state index contributed by atoms with van der Waals surface area (Å²) in [7, 11) is 1.27. The Labute approximate surface area is 78.3 Å². The Hall–Kier alpha value is -1.51. The van der Waals surface area contributed by atoms with Crippen molar-refractivity contribution in [3.63, 3.8) is 0 Å². The fourth-order valence-electron chi connectivity index (χ4n) is 0.605. The third-order valence-corrected chi connectivity index (χ3v) is 1.20. The number of carbonyl (C=O) groups is 1. The van der Waals surface area contributed by atoms with E-state index in [4.69, 9.17) is 0 Å². The van der Waals surface area contributed by atoms with Crippen molar-refractivity contribution in [1.82, 2.24) is 0 Å². The number of hydrogen-bond acceptors (Lipinski definition) is 3. The summed E-state index contributed by atoms with van der Waals surface area (Å²) in [5, 5.41) is 0. The van der Waals surface area contributed by atoms with Crippen molar-refractivity contribution in [2.45, 2.75) is 12.8 Å². The highest BCUT2D eigenvalue weighted by Crippen LogP contribution is 1.94. The first-order chi connectivity index (χ1) is 6.31. The van der Waals surface area contributed by atoms with Crippen molar-refractivity contribution in [3.8, 4) is 0 Å². The van der Waals surface area contributed by atoms with Crippen LogP contribution in [-0.4, -0.2) is 13.3 Å². The Morgan fingerprint density at radius 1 is 1.38 bits per heavy atom. The molecule has 3 heteroatoms. The van der Waals surface area contributed by atoms with Gasteiger partial charge in [0.2, 0.25) is 0 Å². The summed E-state index contributed by atoms with van der Waals surface area (Å²) in [6.45, 7) is 3.54. The molecule has 0 unspecified atom stereocenters. The molecule has 0 saturated heterocycles. The number of unbranched alkanes of at least 4 members (excludes halogenated alkanes) is 1. The maximum absolute atomic E-state index is 10.4. The van der Waals surface area contributed by atoms with Gasteiger partial charge in [0, 0.05) is 0 Å². The van der Waals surface area contributed by atoms with Gasteiger partial charge >= 0.3 is 6.16 Å². The maximum atomic E-state index is 10.4. The smallest absolute Gasteiger partial charge is 0.437 e. The van der Waals surface area contributed by atoms with Crippen LogP contribution in [0.4, 0.5) is 4.79 Å². The summed E-state index contributed by atoms with van der Waals surface area (Å²) in [6.07, 6.45) is 9.67. The van der Waals surface area contributed by atoms with Crippen LogP contribution in [0.1, 0.15) is 12.8 Å². The van der Waals surface area contributed by atoms with Gasteiger partial charge in [0.1, 0.15) is 0 Å². The molecule has 0 aliphatic rings. The van der Waals surface area contributed by atoms with Crippen LogP contribution in [0.25, 0.3) is 0 Å². The molecule has 0 rings (SSSR count). The molecule has 0 radical (unpaired) electrons. The molecular formula is C10H14O3. The molecule has 0 saturated carbocycles. The first-order valence-corrected chi connectivity index (χ1v) is 3.98. The fourth-order valence-corrected chi connectivity index (χ4v) is 0.605. The van der Waals surface area contributed by atoms with Crippen LogP contribution in [0.15, 0.2) is 37.1 Å². The summed E-state index contributed by atoms with van der Waals surface area (Å²) in [5.74, 6) is 0. The van der Waals surface area contributed by atoms with Crippen LogP contribution in [0.5, 0.6) is 0 Å². The summed E-state index contributed by atoms with van der Waals surface area (Å²) < 4.78 is 8.77. The van der Waals surface area contributed by atoms with Crippen molar-refractivity contribution in [2.75, 3.05) is 7.11 Å². The Kier molecular flexibility index (Phi) is 7.59. The second-order valence-corrected chi connectivity index (χ2v) is 2.18. The summed E-state index contributed by atoms with van der Waals surface area (Å²) >= 11 is 0. The van der Waals surface area contributed by atoms with E-state index in [0.29, 0.717) is 0 Å². The van der Waals surface area contributed by atoms with Crippen molar-refractivity contribution >= 4 is 6.16 Å². The molecule has 0 aromatic rings. The third kappa shape index (κ3) is 8.40. The minimum atomic E-state index is -0.696. The minimum Gasteiger partial charge on any atom is -0.437 e. The number of hydrogen-bond donors (Lipinski definition) is 0. The van der Waals surface area contributed by atoms with E-state index in [9.17, 15) is 4.79 Å². The van der Waals surface area contributed by atoms with Gasteiger partial charge in [-0.2, -0.15) is 0 Å². The van der Waals surface area contributed by atoms with E-state index in [1.807, 2.05) is 12.2 Å². The Bertz CT molecular complexity index is 204. The van der Waals surface area contributed by atoms with Gasteiger partial charge in [-0.3, -0.25) is 0 Å². The fraction of sp³-hybridized carbons (Fsp3) is 0.300. The summed E-state index contributed by atoms with van der Waals surface area (Å²) in [5.41, 5.74) is 0. The SMILES string of the molecule is C=CC=CCCC=COC(=O)OC. The van der Waals surface area contributed by atoms with Crippen molar-refractivity contribution < 1.29 is 14.3 Å². The molecule has 0 spiro atoms. The molecule has 0 bridgehead atoms. The van der Waals surface area contributed by atoms with E-state index in [1.165, 1.54) is 13.4 Å². The molecule has 0 aliphatic heterocycles. The average Bonchev–Trinajstić information content (AvgIpc) is 2.16. The number of methoxy groups -OCH3 is 1. The first-order valence-electron chi connectivity index (χ1n) is 3.98. The highest BCUT2D eigenvalue weighted by Gasteiger charge is 1.93. The number of carbonyl (C=O) groups excluding carboxylic acids is 1. The van der Waals surface area contributed by atoms with Crippen molar-refractivity contribution in [1.29, 1.82) is 0 Å². The van der Waals surface area contributed by atoms with Gasteiger partial charge in [0.25, 0.3) is 0 Å². The van der Waals surface area contributed by atoms with Gasteiger partial charge < -0.3 is 9.47 Å². The van der Waals surface area contributed by atoms with Crippen LogP contribution >= 0.6 is 0 Å². The maximum Gasteiger partial charge on any atom is 0.512 e. The molecule has 0 N–H and O–H groups in total. The van der Waals surface area contributed by atoms with Gasteiger partial charge in [0.15, 0.2) is 0 Å². The lowest BCUT2D eigenvalue weighted by Crippen LogP contribution is -1.97. The molecule has 0 amide bonds. The van der Waals surface area contributed by atoms with Crippen molar-refractivity contribution in [2.24, 2.45) is 0 Å². The lowest BCUT2D eigenvalue weighted by atomic mass is 10.3. The highest BCUT2D eigenvalue weighted by atomic mass is 16.7. The second kappa shape index (κ2) is 8.59. The standard InChI is InChI=1S/C10H14O3/c1-3-4-5-6-7-8-9-13-10(11)12-2/h3-5,8-9H,1,6-7H2,2H3. The molecule has 72 valence electrons. The summed E-state index contributed by atoms with van der Waals surface area (Å²) in [4.78, 5) is 10.4. The van der Waals surface area contributed by atoms with Crippen LogP contribution in [0.3, 0.4) is 0 Å². The van der Waals surface area contributed by atoms with Crippen LogP contribution in [-0.2, 0) is 9.47 Å².